The van der Waals surface area contributed by atoms with Crippen molar-refractivity contribution in [1.82, 2.24) is 4.72 Å². The maximum Gasteiger partial charge on any atom is 0.339 e. The van der Waals surface area contributed by atoms with E-state index in [9.17, 15) is 18.0 Å². The Labute approximate surface area is 112 Å². The van der Waals surface area contributed by atoms with Gasteiger partial charge in [0.2, 0.25) is 6.41 Å². The normalized spacial score (nSPS) is 10.7. The largest absolute Gasteiger partial charge is 0.465 e. The predicted octanol–water partition coefficient (Wildman–Crippen LogP) is 0.512. The van der Waals surface area contributed by atoms with Crippen molar-refractivity contribution in [2.45, 2.75) is 4.90 Å². The number of amides is 1. The minimum Gasteiger partial charge on any atom is -0.465 e. The van der Waals surface area contributed by atoms with Gasteiger partial charge < -0.3 is 4.74 Å². The molecule has 1 rings (SSSR count). The molecule has 0 aromatic heterocycles. The van der Waals surface area contributed by atoms with E-state index in [0.717, 1.165) is 7.11 Å². The van der Waals surface area contributed by atoms with Gasteiger partial charge in [-0.15, -0.1) is 0 Å². The fraction of sp³-hybridized carbons (Fsp3) is 0.111. The Morgan fingerprint density at radius 1 is 1.47 bits per heavy atom. The van der Waals surface area contributed by atoms with E-state index >= 15 is 0 Å². The van der Waals surface area contributed by atoms with Crippen molar-refractivity contribution in [3.8, 4) is 0 Å². The lowest BCUT2D eigenvalue weighted by Crippen LogP contribution is -2.24. The van der Waals surface area contributed by atoms with Crippen LogP contribution in [-0.2, 0) is 19.6 Å². The predicted molar refractivity (Wildman–Crippen MR) is 66.9 cm³/mol. The number of rotatable bonds is 4. The van der Waals surface area contributed by atoms with E-state index < -0.39 is 16.0 Å². The molecule has 92 valence electrons. The zero-order valence-corrected chi connectivity index (χ0v) is 11.6. The highest BCUT2D eigenvalue weighted by molar-refractivity contribution is 14.1. The van der Waals surface area contributed by atoms with Crippen LogP contribution >= 0.6 is 22.6 Å². The van der Waals surface area contributed by atoms with Gasteiger partial charge in [0, 0.05) is 3.57 Å². The Morgan fingerprint density at radius 3 is 2.65 bits per heavy atom. The van der Waals surface area contributed by atoms with Gasteiger partial charge in [0.25, 0.3) is 10.0 Å². The van der Waals surface area contributed by atoms with E-state index in [1.165, 1.54) is 12.1 Å². The number of benzene rings is 1. The van der Waals surface area contributed by atoms with Crippen LogP contribution in [0.2, 0.25) is 0 Å². The first-order valence-corrected chi connectivity index (χ1v) is 6.82. The van der Waals surface area contributed by atoms with Crippen LogP contribution in [0.4, 0.5) is 0 Å². The third-order valence-corrected chi connectivity index (χ3v) is 3.84. The maximum absolute atomic E-state index is 11.7. The number of nitrogens with one attached hydrogen (secondary N) is 1. The van der Waals surface area contributed by atoms with Gasteiger partial charge in [-0.05, 0) is 40.8 Å². The van der Waals surface area contributed by atoms with Crippen molar-refractivity contribution in [2.24, 2.45) is 0 Å². The average Bonchev–Trinajstić information content (AvgIpc) is 2.28. The summed E-state index contributed by atoms with van der Waals surface area (Å²) in [5.74, 6) is -0.785. The molecule has 0 aliphatic heterocycles. The summed E-state index contributed by atoms with van der Waals surface area (Å²) < 4.78 is 30.1. The molecule has 1 aromatic carbocycles. The Hall–Kier alpha value is -1.16. The Bertz CT molecular complexity index is 555. The van der Waals surface area contributed by atoms with Crippen molar-refractivity contribution in [2.75, 3.05) is 7.11 Å². The van der Waals surface area contributed by atoms with E-state index in [2.05, 4.69) is 4.74 Å². The quantitative estimate of drug-likeness (QED) is 0.475. The Morgan fingerprint density at radius 2 is 2.12 bits per heavy atom. The van der Waals surface area contributed by atoms with Crippen molar-refractivity contribution in [1.29, 1.82) is 0 Å². The molecule has 0 radical (unpaired) electrons. The molecule has 6 nitrogen and oxygen atoms in total. The number of methoxy groups -OCH3 is 1. The van der Waals surface area contributed by atoms with Crippen molar-refractivity contribution in [3.05, 3.63) is 27.3 Å². The molecule has 1 aromatic rings. The van der Waals surface area contributed by atoms with Gasteiger partial charge in [0.1, 0.15) is 4.90 Å². The van der Waals surface area contributed by atoms with Gasteiger partial charge in [0.05, 0.1) is 12.7 Å². The zero-order chi connectivity index (χ0) is 13.1. The second-order valence-electron chi connectivity index (χ2n) is 2.87. The minimum atomic E-state index is -4.04. The summed E-state index contributed by atoms with van der Waals surface area (Å²) in [5, 5.41) is 0. The molecule has 0 saturated carbocycles. The summed E-state index contributed by atoms with van der Waals surface area (Å²) in [7, 11) is -2.90. The van der Waals surface area contributed by atoms with Gasteiger partial charge in [-0.2, -0.15) is 0 Å². The lowest BCUT2D eigenvalue weighted by Gasteiger charge is -2.08. The summed E-state index contributed by atoms with van der Waals surface area (Å²) in [4.78, 5) is 21.3. The van der Waals surface area contributed by atoms with Gasteiger partial charge in [0.15, 0.2) is 0 Å². The molecule has 0 aliphatic carbocycles. The number of halogens is 1. The number of sulfonamides is 1. The number of ether oxygens (including phenoxy) is 1. The van der Waals surface area contributed by atoms with Crippen molar-refractivity contribution in [3.63, 3.8) is 0 Å². The molecular weight excluding hydrogens is 361 g/mol. The molecule has 0 unspecified atom stereocenters. The van der Waals surface area contributed by atoms with Crippen LogP contribution in [0.3, 0.4) is 0 Å². The second-order valence-corrected chi connectivity index (χ2v) is 5.80. The van der Waals surface area contributed by atoms with Gasteiger partial charge in [-0.25, -0.2) is 13.2 Å². The zero-order valence-electron chi connectivity index (χ0n) is 8.64. The van der Waals surface area contributed by atoms with Crippen molar-refractivity contribution >= 4 is 45.0 Å². The van der Waals surface area contributed by atoms with Crippen LogP contribution in [0.15, 0.2) is 23.1 Å². The van der Waals surface area contributed by atoms with Gasteiger partial charge >= 0.3 is 5.97 Å². The second kappa shape index (κ2) is 5.45. The van der Waals surface area contributed by atoms with Gasteiger partial charge in [-0.3, -0.25) is 9.52 Å². The first kappa shape index (κ1) is 13.9. The van der Waals surface area contributed by atoms with E-state index in [0.29, 0.717) is 3.57 Å². The number of hydrogen-bond acceptors (Lipinski definition) is 5. The highest BCUT2D eigenvalue weighted by Crippen LogP contribution is 2.19. The van der Waals surface area contributed by atoms with E-state index in [1.807, 2.05) is 22.6 Å². The molecule has 0 aliphatic rings. The molecule has 0 heterocycles. The average molecular weight is 369 g/mol. The minimum absolute atomic E-state index is 0.0380. The molecule has 0 saturated heterocycles. The summed E-state index contributed by atoms with van der Waals surface area (Å²) in [6.45, 7) is 0. The SMILES string of the molecule is COC(=O)c1ccc(I)cc1S(=O)(=O)NC=O. The summed E-state index contributed by atoms with van der Waals surface area (Å²) >= 11 is 1.89. The number of esters is 1. The van der Waals surface area contributed by atoms with Crippen LogP contribution in [0, 0.1) is 3.57 Å². The number of carbonyl (C=O) groups is 2. The first-order valence-electron chi connectivity index (χ1n) is 4.26. The molecule has 17 heavy (non-hydrogen) atoms. The molecule has 0 fully saturated rings. The first-order chi connectivity index (χ1) is 7.92. The highest BCUT2D eigenvalue weighted by atomic mass is 127. The molecule has 0 spiro atoms. The topological polar surface area (TPSA) is 89.5 Å². The summed E-state index contributed by atoms with van der Waals surface area (Å²) in [5.41, 5.74) is -0.123. The molecule has 8 heteroatoms. The van der Waals surface area contributed by atoms with E-state index in [4.69, 9.17) is 0 Å². The fourth-order valence-corrected chi connectivity index (χ4v) is 2.80. The number of hydrogen-bond donors (Lipinski definition) is 1. The van der Waals surface area contributed by atoms with Crippen LogP contribution in [0.1, 0.15) is 10.4 Å². The summed E-state index contributed by atoms with van der Waals surface area (Å²) in [6, 6.07) is 4.17. The fourth-order valence-electron chi connectivity index (χ4n) is 1.12. The van der Waals surface area contributed by atoms with Gasteiger partial charge in [-0.1, -0.05) is 0 Å². The lowest BCUT2D eigenvalue weighted by atomic mass is 10.2. The lowest BCUT2D eigenvalue weighted by molar-refractivity contribution is -0.108. The molecule has 1 amide bonds. The Kier molecular flexibility index (Phi) is 4.46. The molecule has 0 bridgehead atoms. The van der Waals surface area contributed by atoms with E-state index in [1.54, 1.807) is 10.8 Å². The Balaban J connectivity index is 3.45. The van der Waals surface area contributed by atoms with Crippen LogP contribution < -0.4 is 4.72 Å². The molecule has 0 atom stereocenters. The smallest absolute Gasteiger partial charge is 0.339 e. The highest BCUT2D eigenvalue weighted by Gasteiger charge is 2.22. The molecule has 1 N–H and O–H groups in total. The third-order valence-electron chi connectivity index (χ3n) is 1.84. The monoisotopic (exact) mass is 369 g/mol. The van der Waals surface area contributed by atoms with Crippen molar-refractivity contribution < 1.29 is 22.7 Å². The number of carbonyl (C=O) groups excluding carboxylic acids is 2. The van der Waals surface area contributed by atoms with Crippen LogP contribution in [-0.4, -0.2) is 27.9 Å². The van der Waals surface area contributed by atoms with Crippen LogP contribution in [0.25, 0.3) is 0 Å². The standard InChI is InChI=1S/C9H8INO5S/c1-16-9(13)7-3-2-6(10)4-8(7)17(14,15)11-5-12/h2-5H,1H3,(H,11,12). The summed E-state index contributed by atoms with van der Waals surface area (Å²) in [6.07, 6.45) is 0.0380. The van der Waals surface area contributed by atoms with E-state index in [-0.39, 0.29) is 16.9 Å². The van der Waals surface area contributed by atoms with Crippen LogP contribution in [0.5, 0.6) is 0 Å². The third kappa shape index (κ3) is 3.16. The molecular formula is C9H8INO5S. The maximum atomic E-state index is 11.7.